The summed E-state index contributed by atoms with van der Waals surface area (Å²) < 4.78 is 1.50. The topological polar surface area (TPSA) is 109 Å². The number of carbonyl (C=O) groups excluding carboxylic acids is 2. The van der Waals surface area contributed by atoms with Gasteiger partial charge in [-0.3, -0.25) is 19.1 Å². The molecule has 1 aliphatic rings. The van der Waals surface area contributed by atoms with Gasteiger partial charge in [-0.15, -0.1) is 0 Å². The van der Waals surface area contributed by atoms with Crippen LogP contribution >= 0.6 is 0 Å². The maximum Gasteiger partial charge on any atom is 0.270 e. The fourth-order valence-electron chi connectivity index (χ4n) is 4.42. The van der Waals surface area contributed by atoms with Crippen molar-refractivity contribution in [3.8, 4) is 11.1 Å². The molecule has 0 aliphatic heterocycles. The quantitative estimate of drug-likeness (QED) is 0.538. The third-order valence-corrected chi connectivity index (χ3v) is 6.42. The van der Waals surface area contributed by atoms with Gasteiger partial charge in [0.2, 0.25) is 11.5 Å². The van der Waals surface area contributed by atoms with Crippen molar-refractivity contribution in [2.45, 2.75) is 38.6 Å². The first kappa shape index (κ1) is 22.5. The lowest BCUT2D eigenvalue weighted by Gasteiger charge is -2.32. The van der Waals surface area contributed by atoms with Crippen LogP contribution in [0, 0.1) is 11.8 Å². The Morgan fingerprint density at radius 2 is 1.79 bits per heavy atom. The Kier molecular flexibility index (Phi) is 6.72. The van der Waals surface area contributed by atoms with Gasteiger partial charge in [0.15, 0.2) is 0 Å². The molecule has 0 radical (unpaired) electrons. The molecule has 8 heteroatoms. The fraction of sp³-hybridized carbons (Fsp3) is 0.360. The number of amides is 2. The second kappa shape index (κ2) is 9.85. The van der Waals surface area contributed by atoms with Crippen molar-refractivity contribution in [2.24, 2.45) is 18.9 Å². The number of pyridine rings is 1. The molecule has 1 saturated carbocycles. The maximum absolute atomic E-state index is 13.3. The van der Waals surface area contributed by atoms with Crippen molar-refractivity contribution in [1.29, 1.82) is 0 Å². The molecule has 172 valence electrons. The molecule has 0 saturated heterocycles. The van der Waals surface area contributed by atoms with Crippen LogP contribution in [-0.2, 0) is 11.8 Å². The SMILES string of the molecule is Cn1nccc1C(=O)N[C@H](C(=O)Nc1ccc(-c2cc[nH]c(=O)c2)cc1)[C@H]1CC[C@H](C)CC1. The highest BCUT2D eigenvalue weighted by Crippen LogP contribution is 2.31. The van der Waals surface area contributed by atoms with Crippen LogP contribution in [0.5, 0.6) is 0 Å². The summed E-state index contributed by atoms with van der Waals surface area (Å²) >= 11 is 0. The molecule has 0 spiro atoms. The molecule has 4 rings (SSSR count). The number of anilines is 1. The van der Waals surface area contributed by atoms with E-state index in [1.165, 1.54) is 10.7 Å². The third kappa shape index (κ3) is 5.39. The highest BCUT2D eigenvalue weighted by Gasteiger charge is 2.33. The van der Waals surface area contributed by atoms with Gasteiger partial charge in [-0.05, 0) is 60.1 Å². The van der Waals surface area contributed by atoms with Crippen LogP contribution in [0.25, 0.3) is 11.1 Å². The van der Waals surface area contributed by atoms with Crippen LogP contribution < -0.4 is 16.2 Å². The minimum Gasteiger partial charge on any atom is -0.339 e. The van der Waals surface area contributed by atoms with E-state index in [9.17, 15) is 14.4 Å². The highest BCUT2D eigenvalue weighted by atomic mass is 16.2. The minimum atomic E-state index is -0.632. The lowest BCUT2D eigenvalue weighted by molar-refractivity contribution is -0.119. The van der Waals surface area contributed by atoms with E-state index in [1.54, 1.807) is 37.6 Å². The van der Waals surface area contributed by atoms with E-state index in [-0.39, 0.29) is 23.3 Å². The first-order valence-corrected chi connectivity index (χ1v) is 11.3. The zero-order valence-corrected chi connectivity index (χ0v) is 18.9. The van der Waals surface area contributed by atoms with Gasteiger partial charge in [0.1, 0.15) is 11.7 Å². The van der Waals surface area contributed by atoms with Gasteiger partial charge in [0, 0.05) is 31.2 Å². The molecule has 2 amide bonds. The number of rotatable bonds is 6. The van der Waals surface area contributed by atoms with E-state index in [1.807, 2.05) is 18.2 Å². The molecule has 3 N–H and O–H groups in total. The first-order valence-electron chi connectivity index (χ1n) is 11.3. The molecule has 2 heterocycles. The Hall–Kier alpha value is -3.68. The van der Waals surface area contributed by atoms with Crippen molar-refractivity contribution in [3.63, 3.8) is 0 Å². The number of H-pyrrole nitrogens is 1. The van der Waals surface area contributed by atoms with Crippen LogP contribution in [0.1, 0.15) is 43.1 Å². The zero-order chi connectivity index (χ0) is 23.4. The average Bonchev–Trinajstić information content (AvgIpc) is 3.24. The summed E-state index contributed by atoms with van der Waals surface area (Å²) in [5.41, 5.74) is 2.56. The number of aromatic nitrogens is 3. The number of aromatic amines is 1. The maximum atomic E-state index is 13.3. The second-order valence-corrected chi connectivity index (χ2v) is 8.82. The molecule has 2 aromatic heterocycles. The van der Waals surface area contributed by atoms with E-state index in [0.717, 1.165) is 36.8 Å². The Balaban J connectivity index is 1.50. The molecule has 1 fully saturated rings. The van der Waals surface area contributed by atoms with Gasteiger partial charge < -0.3 is 15.6 Å². The largest absolute Gasteiger partial charge is 0.339 e. The summed E-state index contributed by atoms with van der Waals surface area (Å²) in [7, 11) is 1.70. The van der Waals surface area contributed by atoms with Crippen molar-refractivity contribution < 1.29 is 9.59 Å². The average molecular weight is 448 g/mol. The highest BCUT2D eigenvalue weighted by molar-refractivity contribution is 6.00. The molecular formula is C25H29N5O3. The van der Waals surface area contributed by atoms with Gasteiger partial charge in [-0.25, -0.2) is 0 Å². The summed E-state index contributed by atoms with van der Waals surface area (Å²) in [6, 6.07) is 11.7. The summed E-state index contributed by atoms with van der Waals surface area (Å²) in [4.78, 5) is 40.3. The predicted molar refractivity (Wildman–Crippen MR) is 127 cm³/mol. The predicted octanol–water partition coefficient (Wildman–Crippen LogP) is 3.34. The van der Waals surface area contributed by atoms with Crippen molar-refractivity contribution >= 4 is 17.5 Å². The number of aryl methyl sites for hydroxylation is 1. The van der Waals surface area contributed by atoms with Crippen molar-refractivity contribution in [3.05, 3.63) is 70.9 Å². The van der Waals surface area contributed by atoms with Crippen LogP contribution in [0.2, 0.25) is 0 Å². The van der Waals surface area contributed by atoms with E-state index < -0.39 is 6.04 Å². The van der Waals surface area contributed by atoms with Gasteiger partial charge >= 0.3 is 0 Å². The lowest BCUT2D eigenvalue weighted by atomic mass is 9.79. The third-order valence-electron chi connectivity index (χ3n) is 6.42. The van der Waals surface area contributed by atoms with Gasteiger partial charge in [0.25, 0.3) is 5.91 Å². The Bertz CT molecular complexity index is 1170. The van der Waals surface area contributed by atoms with E-state index in [2.05, 4.69) is 27.6 Å². The molecule has 3 aromatic rings. The van der Waals surface area contributed by atoms with Crippen molar-refractivity contribution in [1.82, 2.24) is 20.1 Å². The molecule has 8 nitrogen and oxygen atoms in total. The van der Waals surface area contributed by atoms with Crippen LogP contribution in [-0.4, -0.2) is 32.6 Å². The standard InChI is InChI=1S/C25H29N5O3/c1-16-3-5-18(6-4-16)23(29-24(32)21-12-14-27-30(21)2)25(33)28-20-9-7-17(8-10-20)19-11-13-26-22(31)15-19/h7-16,18,23H,3-6H2,1-2H3,(H,26,31)(H,28,33)(H,29,32)/t16-,18-,23-/m0/s1. The van der Waals surface area contributed by atoms with Crippen LogP contribution in [0.15, 0.2) is 59.7 Å². The number of carbonyl (C=O) groups is 2. The number of benzene rings is 1. The molecule has 0 unspecified atom stereocenters. The van der Waals surface area contributed by atoms with Gasteiger partial charge in [0.05, 0.1) is 0 Å². The fourth-order valence-corrected chi connectivity index (χ4v) is 4.42. The Morgan fingerprint density at radius 1 is 1.06 bits per heavy atom. The second-order valence-electron chi connectivity index (χ2n) is 8.82. The summed E-state index contributed by atoms with van der Waals surface area (Å²) in [5, 5.41) is 9.97. The number of nitrogens with one attached hydrogen (secondary N) is 3. The monoisotopic (exact) mass is 447 g/mol. The molecule has 33 heavy (non-hydrogen) atoms. The van der Waals surface area contributed by atoms with E-state index in [0.29, 0.717) is 17.3 Å². The normalized spacial score (nSPS) is 19.0. The van der Waals surface area contributed by atoms with Crippen molar-refractivity contribution in [2.75, 3.05) is 5.32 Å². The summed E-state index contributed by atoms with van der Waals surface area (Å²) in [6.07, 6.45) is 7.04. The zero-order valence-electron chi connectivity index (χ0n) is 18.9. The summed E-state index contributed by atoms with van der Waals surface area (Å²) in [5.74, 6) is 0.177. The van der Waals surface area contributed by atoms with Crippen LogP contribution in [0.3, 0.4) is 0 Å². The van der Waals surface area contributed by atoms with Crippen LogP contribution in [0.4, 0.5) is 5.69 Å². The molecule has 0 bridgehead atoms. The lowest BCUT2D eigenvalue weighted by Crippen LogP contribution is -2.49. The Labute approximate surface area is 192 Å². The number of nitrogens with zero attached hydrogens (tertiary/aromatic N) is 2. The van der Waals surface area contributed by atoms with Gasteiger partial charge in [-0.2, -0.15) is 5.10 Å². The molecule has 1 aromatic carbocycles. The first-order chi connectivity index (χ1) is 15.9. The number of hydrogen-bond donors (Lipinski definition) is 3. The molecular weight excluding hydrogens is 418 g/mol. The molecule has 1 aliphatic carbocycles. The molecule has 1 atom stereocenters. The van der Waals surface area contributed by atoms with E-state index in [4.69, 9.17) is 0 Å². The minimum absolute atomic E-state index is 0.0775. The number of hydrogen-bond acceptors (Lipinski definition) is 4. The van der Waals surface area contributed by atoms with E-state index >= 15 is 0 Å². The van der Waals surface area contributed by atoms with Gasteiger partial charge in [-0.1, -0.05) is 31.9 Å². The summed E-state index contributed by atoms with van der Waals surface area (Å²) in [6.45, 7) is 2.22. The Morgan fingerprint density at radius 3 is 2.42 bits per heavy atom. The smallest absolute Gasteiger partial charge is 0.270 e.